The average molecular weight is 244 g/mol. The molecular weight excluding hydrogens is 228 g/mol. The van der Waals surface area contributed by atoms with E-state index in [1.165, 1.54) is 0 Å². The molecule has 4 heteroatoms. The molecular formula is C14H16N2O2. The van der Waals surface area contributed by atoms with Gasteiger partial charge in [-0.3, -0.25) is 4.79 Å². The van der Waals surface area contributed by atoms with E-state index in [0.717, 1.165) is 17.5 Å². The summed E-state index contributed by atoms with van der Waals surface area (Å²) in [5.41, 5.74) is 6.69. The molecule has 1 aromatic rings. The van der Waals surface area contributed by atoms with Crippen LogP contribution in [-0.4, -0.2) is 11.9 Å². The molecule has 1 heterocycles. The molecule has 3 rings (SSSR count). The van der Waals surface area contributed by atoms with Gasteiger partial charge in [-0.25, -0.2) is 0 Å². The highest BCUT2D eigenvalue weighted by Crippen LogP contribution is 2.48. The van der Waals surface area contributed by atoms with E-state index in [4.69, 9.17) is 10.5 Å². The van der Waals surface area contributed by atoms with Gasteiger partial charge >= 0.3 is 0 Å². The van der Waals surface area contributed by atoms with Gasteiger partial charge in [0, 0.05) is 12.0 Å². The first-order valence-electron chi connectivity index (χ1n) is 6.13. The Morgan fingerprint density at radius 1 is 1.22 bits per heavy atom. The number of ether oxygens (including phenoxy) is 1. The Morgan fingerprint density at radius 2 is 1.89 bits per heavy atom. The molecule has 0 saturated heterocycles. The van der Waals surface area contributed by atoms with Crippen molar-refractivity contribution < 1.29 is 9.53 Å². The molecule has 0 saturated carbocycles. The summed E-state index contributed by atoms with van der Waals surface area (Å²) >= 11 is 0. The third kappa shape index (κ3) is 1.32. The Morgan fingerprint density at radius 3 is 2.50 bits per heavy atom. The van der Waals surface area contributed by atoms with Crippen LogP contribution in [0, 0.1) is 0 Å². The van der Waals surface area contributed by atoms with E-state index in [-0.39, 0.29) is 17.3 Å². The lowest BCUT2D eigenvalue weighted by Gasteiger charge is -2.40. The predicted molar refractivity (Wildman–Crippen MR) is 68.1 cm³/mol. The van der Waals surface area contributed by atoms with Gasteiger partial charge in [-0.2, -0.15) is 4.99 Å². The topological polar surface area (TPSA) is 64.7 Å². The van der Waals surface area contributed by atoms with Crippen LogP contribution >= 0.6 is 0 Å². The number of hydrogen-bond donors (Lipinski definition) is 1. The summed E-state index contributed by atoms with van der Waals surface area (Å²) in [6, 6.07) is 7.90. The lowest BCUT2D eigenvalue weighted by Crippen LogP contribution is -2.43. The molecule has 2 aliphatic rings. The van der Waals surface area contributed by atoms with Crippen LogP contribution in [0.25, 0.3) is 0 Å². The quantitative estimate of drug-likeness (QED) is 0.757. The largest absolute Gasteiger partial charge is 0.443 e. The van der Waals surface area contributed by atoms with E-state index in [0.29, 0.717) is 6.42 Å². The van der Waals surface area contributed by atoms with Crippen molar-refractivity contribution >= 4 is 11.9 Å². The van der Waals surface area contributed by atoms with E-state index in [1.807, 2.05) is 18.2 Å². The van der Waals surface area contributed by atoms with Crippen molar-refractivity contribution in [1.82, 2.24) is 0 Å². The number of nitrogens with two attached hydrogens (primary N) is 1. The van der Waals surface area contributed by atoms with Crippen LogP contribution in [0.2, 0.25) is 0 Å². The van der Waals surface area contributed by atoms with E-state index < -0.39 is 5.60 Å². The molecule has 18 heavy (non-hydrogen) atoms. The monoisotopic (exact) mass is 244 g/mol. The van der Waals surface area contributed by atoms with Crippen molar-refractivity contribution in [2.45, 2.75) is 37.7 Å². The van der Waals surface area contributed by atoms with Crippen LogP contribution in [0.3, 0.4) is 0 Å². The number of fused-ring (bicyclic) bond motifs is 2. The second kappa shape index (κ2) is 3.34. The molecule has 1 amide bonds. The molecule has 2 N–H and O–H groups in total. The SMILES string of the molecule is CC1(C)CCC2(OC(N)=NC2=O)c2ccccc21. The van der Waals surface area contributed by atoms with Crippen LogP contribution < -0.4 is 5.73 Å². The van der Waals surface area contributed by atoms with Gasteiger partial charge < -0.3 is 10.5 Å². The first kappa shape index (κ1) is 11.3. The Hall–Kier alpha value is -1.84. The number of benzene rings is 1. The molecule has 1 spiro atoms. The lowest BCUT2D eigenvalue weighted by molar-refractivity contribution is -0.133. The number of aliphatic imine (C=N–C) groups is 1. The Bertz CT molecular complexity index is 563. The van der Waals surface area contributed by atoms with E-state index in [2.05, 4.69) is 24.9 Å². The number of hydrogen-bond acceptors (Lipinski definition) is 3. The third-order valence-corrected chi connectivity index (χ3v) is 4.03. The number of rotatable bonds is 0. The van der Waals surface area contributed by atoms with Gasteiger partial charge in [0.1, 0.15) is 0 Å². The zero-order chi connectivity index (χ0) is 13.0. The summed E-state index contributed by atoms with van der Waals surface area (Å²) in [5.74, 6) is -0.275. The minimum atomic E-state index is -0.976. The molecule has 1 unspecified atom stereocenters. The Balaban J connectivity index is 2.20. The minimum Gasteiger partial charge on any atom is -0.443 e. The summed E-state index contributed by atoms with van der Waals surface area (Å²) in [7, 11) is 0. The molecule has 1 atom stereocenters. The Labute approximate surface area is 106 Å². The zero-order valence-corrected chi connectivity index (χ0v) is 10.6. The van der Waals surface area contributed by atoms with Crippen LogP contribution in [0.4, 0.5) is 0 Å². The van der Waals surface area contributed by atoms with Crippen molar-refractivity contribution in [3.05, 3.63) is 35.4 Å². The van der Waals surface area contributed by atoms with Gasteiger partial charge in [0.25, 0.3) is 11.9 Å². The zero-order valence-electron chi connectivity index (χ0n) is 10.6. The summed E-state index contributed by atoms with van der Waals surface area (Å²) in [5, 5.41) is 0. The summed E-state index contributed by atoms with van der Waals surface area (Å²) in [4.78, 5) is 15.9. The molecule has 0 fully saturated rings. The number of nitrogens with zero attached hydrogens (tertiary/aromatic N) is 1. The third-order valence-electron chi connectivity index (χ3n) is 4.03. The van der Waals surface area contributed by atoms with Crippen molar-refractivity contribution in [3.8, 4) is 0 Å². The minimum absolute atomic E-state index is 0.0190. The summed E-state index contributed by atoms with van der Waals surface area (Å²) < 4.78 is 5.60. The first-order valence-corrected chi connectivity index (χ1v) is 6.13. The van der Waals surface area contributed by atoms with Crippen molar-refractivity contribution in [2.24, 2.45) is 10.7 Å². The maximum Gasteiger partial charge on any atom is 0.299 e. The predicted octanol–water partition coefficient (Wildman–Crippen LogP) is 1.82. The van der Waals surface area contributed by atoms with Crippen LogP contribution in [0.5, 0.6) is 0 Å². The van der Waals surface area contributed by atoms with Crippen molar-refractivity contribution in [1.29, 1.82) is 0 Å². The van der Waals surface area contributed by atoms with Crippen molar-refractivity contribution in [3.63, 3.8) is 0 Å². The van der Waals surface area contributed by atoms with Crippen LogP contribution in [0.15, 0.2) is 29.3 Å². The molecule has 1 aliphatic carbocycles. The van der Waals surface area contributed by atoms with Crippen molar-refractivity contribution in [2.75, 3.05) is 0 Å². The van der Waals surface area contributed by atoms with Gasteiger partial charge in [0.05, 0.1) is 0 Å². The van der Waals surface area contributed by atoms with E-state index in [1.54, 1.807) is 0 Å². The van der Waals surface area contributed by atoms with Crippen LogP contribution in [-0.2, 0) is 20.5 Å². The maximum absolute atomic E-state index is 12.1. The highest BCUT2D eigenvalue weighted by molar-refractivity contribution is 6.01. The molecule has 0 radical (unpaired) electrons. The average Bonchev–Trinajstić information content (AvgIpc) is 2.61. The Kier molecular flexibility index (Phi) is 2.09. The smallest absolute Gasteiger partial charge is 0.299 e. The molecule has 94 valence electrons. The fourth-order valence-electron chi connectivity index (χ4n) is 2.95. The highest BCUT2D eigenvalue weighted by atomic mass is 16.5. The first-order chi connectivity index (χ1) is 8.46. The fraction of sp³-hybridized carbons (Fsp3) is 0.429. The van der Waals surface area contributed by atoms with Gasteiger partial charge in [0.15, 0.2) is 0 Å². The second-order valence-electron chi connectivity index (χ2n) is 5.61. The van der Waals surface area contributed by atoms with Gasteiger partial charge in [0.2, 0.25) is 5.60 Å². The fourth-order valence-corrected chi connectivity index (χ4v) is 2.95. The maximum atomic E-state index is 12.1. The number of carbonyl (C=O) groups excluding carboxylic acids is 1. The standard InChI is InChI=1S/C14H16N2O2/c1-13(2)7-8-14(11(17)16-12(15)18-14)10-6-4-3-5-9(10)13/h3-6H,7-8H2,1-2H3,(H2,15,16,17). The van der Waals surface area contributed by atoms with E-state index >= 15 is 0 Å². The number of amides is 1. The molecule has 0 bridgehead atoms. The second-order valence-corrected chi connectivity index (χ2v) is 5.61. The molecule has 1 aromatic carbocycles. The number of amidine groups is 1. The molecule has 4 nitrogen and oxygen atoms in total. The van der Waals surface area contributed by atoms with E-state index in [9.17, 15) is 4.79 Å². The van der Waals surface area contributed by atoms with Gasteiger partial charge in [-0.05, 0) is 17.4 Å². The normalized spacial score (nSPS) is 28.8. The van der Waals surface area contributed by atoms with Crippen LogP contribution in [0.1, 0.15) is 37.8 Å². The molecule has 1 aliphatic heterocycles. The summed E-state index contributed by atoms with van der Waals surface area (Å²) in [6.07, 6.45) is 1.50. The molecule has 0 aromatic heterocycles. The van der Waals surface area contributed by atoms with Gasteiger partial charge in [-0.1, -0.05) is 38.1 Å². The van der Waals surface area contributed by atoms with Gasteiger partial charge in [-0.15, -0.1) is 0 Å². The lowest BCUT2D eigenvalue weighted by atomic mass is 9.66. The highest BCUT2D eigenvalue weighted by Gasteiger charge is 2.53. The number of carbonyl (C=O) groups is 1. The summed E-state index contributed by atoms with van der Waals surface area (Å²) in [6.45, 7) is 4.37.